The van der Waals surface area contributed by atoms with Crippen LogP contribution in [0, 0.1) is 0 Å². The lowest BCUT2D eigenvalue weighted by Crippen LogP contribution is -2.10. The lowest BCUT2D eigenvalue weighted by Gasteiger charge is -2.13. The summed E-state index contributed by atoms with van der Waals surface area (Å²) in [6.45, 7) is 0. The van der Waals surface area contributed by atoms with Gasteiger partial charge < -0.3 is 10.6 Å². The fourth-order valence-electron chi connectivity index (χ4n) is 2.77. The summed E-state index contributed by atoms with van der Waals surface area (Å²) >= 11 is 9.58. The summed E-state index contributed by atoms with van der Waals surface area (Å²) < 4.78 is 0.897. The Morgan fingerprint density at radius 3 is 2.68 bits per heavy atom. The van der Waals surface area contributed by atoms with Crippen molar-refractivity contribution in [2.75, 3.05) is 10.6 Å². The summed E-state index contributed by atoms with van der Waals surface area (Å²) in [4.78, 5) is 12.7. The van der Waals surface area contributed by atoms with Gasteiger partial charge in [0.05, 0.1) is 17.0 Å². The first-order valence-electron chi connectivity index (χ1n) is 7.51. The van der Waals surface area contributed by atoms with E-state index in [0.717, 1.165) is 21.3 Å². The molecule has 0 bridgehead atoms. The van der Waals surface area contributed by atoms with Gasteiger partial charge in [-0.25, -0.2) is 0 Å². The van der Waals surface area contributed by atoms with Crippen molar-refractivity contribution in [1.29, 1.82) is 0 Å². The van der Waals surface area contributed by atoms with Gasteiger partial charge in [-0.15, -0.1) is 0 Å². The molecule has 2 heterocycles. The topological polar surface area (TPSA) is 69.8 Å². The van der Waals surface area contributed by atoms with Crippen molar-refractivity contribution < 1.29 is 4.79 Å². The maximum absolute atomic E-state index is 12.7. The van der Waals surface area contributed by atoms with E-state index in [9.17, 15) is 4.79 Å². The molecule has 0 radical (unpaired) electrons. The molecule has 0 fully saturated rings. The highest BCUT2D eigenvalue weighted by Crippen LogP contribution is 2.39. The number of hydrogen-bond acceptors (Lipinski definition) is 3. The average molecular weight is 416 g/mol. The number of halogens is 2. The molecule has 1 aliphatic heterocycles. The number of hydrogen-bond donors (Lipinski definition) is 3. The van der Waals surface area contributed by atoms with E-state index in [2.05, 4.69) is 36.8 Å². The average Bonchev–Trinajstić information content (AvgIpc) is 3.16. The highest BCUT2D eigenvalue weighted by atomic mass is 79.9. The Hall–Kier alpha value is -2.57. The van der Waals surface area contributed by atoms with Crippen LogP contribution in [0.15, 0.2) is 59.2 Å². The third-order valence-electron chi connectivity index (χ3n) is 3.89. The van der Waals surface area contributed by atoms with E-state index in [1.165, 1.54) is 0 Å². The first kappa shape index (κ1) is 15.9. The third-order valence-corrected chi connectivity index (χ3v) is 4.67. The molecule has 0 atom stereocenters. The van der Waals surface area contributed by atoms with Crippen LogP contribution in [0.25, 0.3) is 11.3 Å². The normalized spacial score (nSPS) is 14.9. The van der Waals surface area contributed by atoms with Crippen molar-refractivity contribution in [3.63, 3.8) is 0 Å². The van der Waals surface area contributed by atoms with Crippen LogP contribution in [-0.4, -0.2) is 16.1 Å². The zero-order valence-electron chi connectivity index (χ0n) is 12.8. The smallest absolute Gasteiger partial charge is 0.258 e. The molecule has 1 aliphatic rings. The van der Waals surface area contributed by atoms with Crippen LogP contribution in [-0.2, 0) is 4.79 Å². The number of benzene rings is 2. The minimum absolute atomic E-state index is 0.168. The fraction of sp³-hybridized carbons (Fsp3) is 0. The Balaban J connectivity index is 1.94. The molecule has 0 unspecified atom stereocenters. The number of anilines is 2. The molecule has 0 saturated carbocycles. The minimum Gasteiger partial charge on any atom is -0.351 e. The fourth-order valence-corrected chi connectivity index (χ4v) is 3.28. The minimum atomic E-state index is -0.168. The van der Waals surface area contributed by atoms with Crippen molar-refractivity contribution in [2.45, 2.75) is 0 Å². The molecule has 0 spiro atoms. The number of rotatable bonds is 3. The Morgan fingerprint density at radius 2 is 1.96 bits per heavy atom. The number of nitrogens with one attached hydrogen (secondary N) is 3. The van der Waals surface area contributed by atoms with Gasteiger partial charge in [0, 0.05) is 21.9 Å². The van der Waals surface area contributed by atoms with Crippen LogP contribution in [0.4, 0.5) is 11.4 Å². The standard InChI is InChI=1S/C18H12BrClN4O/c19-11-6-7-13-12(8-11)15(18(25)23-13)16(10-4-2-1-3-5-10)22-14-9-21-24-17(14)20/h1-9,22H,(H,21,24)(H,23,25)/b16-15-. The lowest BCUT2D eigenvalue weighted by molar-refractivity contribution is -0.110. The van der Waals surface area contributed by atoms with Crippen molar-refractivity contribution >= 4 is 56.1 Å². The largest absolute Gasteiger partial charge is 0.351 e. The highest BCUT2D eigenvalue weighted by Gasteiger charge is 2.29. The zero-order valence-corrected chi connectivity index (χ0v) is 15.1. The van der Waals surface area contributed by atoms with Gasteiger partial charge in [-0.3, -0.25) is 9.89 Å². The van der Waals surface area contributed by atoms with E-state index in [1.54, 1.807) is 6.20 Å². The number of carbonyl (C=O) groups excluding carboxylic acids is 1. The molecule has 124 valence electrons. The predicted molar refractivity (Wildman–Crippen MR) is 103 cm³/mol. The molecule has 5 nitrogen and oxygen atoms in total. The van der Waals surface area contributed by atoms with Gasteiger partial charge >= 0.3 is 0 Å². The Labute approximate surface area is 157 Å². The summed E-state index contributed by atoms with van der Waals surface area (Å²) in [5.74, 6) is -0.168. The van der Waals surface area contributed by atoms with E-state index in [0.29, 0.717) is 22.1 Å². The molecule has 1 amide bonds. The second-order valence-corrected chi connectivity index (χ2v) is 6.75. The maximum Gasteiger partial charge on any atom is 0.258 e. The Morgan fingerprint density at radius 1 is 1.16 bits per heavy atom. The van der Waals surface area contributed by atoms with Gasteiger partial charge in [0.2, 0.25) is 0 Å². The van der Waals surface area contributed by atoms with Gasteiger partial charge in [-0.05, 0) is 23.8 Å². The van der Waals surface area contributed by atoms with Crippen LogP contribution in [0.5, 0.6) is 0 Å². The molecule has 0 saturated heterocycles. The second kappa shape index (κ2) is 6.38. The van der Waals surface area contributed by atoms with Crippen molar-refractivity contribution in [3.05, 3.63) is 75.5 Å². The molecule has 2 aromatic carbocycles. The van der Waals surface area contributed by atoms with Gasteiger partial charge in [0.25, 0.3) is 5.91 Å². The number of amides is 1. The number of nitrogens with zero attached hydrogens (tertiary/aromatic N) is 1. The SMILES string of the molecule is O=C1Nc2ccc(Br)cc2/C1=C(/Nc1c[nH]nc1Cl)c1ccccc1. The molecule has 3 aromatic rings. The van der Waals surface area contributed by atoms with E-state index < -0.39 is 0 Å². The molecule has 0 aliphatic carbocycles. The maximum atomic E-state index is 12.7. The van der Waals surface area contributed by atoms with E-state index in [-0.39, 0.29) is 5.91 Å². The first-order chi connectivity index (χ1) is 12.1. The number of H-pyrrole nitrogens is 1. The lowest BCUT2D eigenvalue weighted by atomic mass is 10.0. The molecular weight excluding hydrogens is 404 g/mol. The second-order valence-electron chi connectivity index (χ2n) is 5.47. The van der Waals surface area contributed by atoms with E-state index in [4.69, 9.17) is 11.6 Å². The van der Waals surface area contributed by atoms with Gasteiger partial charge in [-0.2, -0.15) is 5.10 Å². The number of aromatic amines is 1. The highest BCUT2D eigenvalue weighted by molar-refractivity contribution is 9.10. The van der Waals surface area contributed by atoms with Crippen LogP contribution in [0.1, 0.15) is 11.1 Å². The van der Waals surface area contributed by atoms with Crippen molar-refractivity contribution in [3.8, 4) is 0 Å². The van der Waals surface area contributed by atoms with E-state index >= 15 is 0 Å². The van der Waals surface area contributed by atoms with Crippen molar-refractivity contribution in [2.24, 2.45) is 0 Å². The van der Waals surface area contributed by atoms with Crippen molar-refractivity contribution in [1.82, 2.24) is 10.2 Å². The summed E-state index contributed by atoms with van der Waals surface area (Å²) in [6.07, 6.45) is 1.65. The number of fused-ring (bicyclic) bond motifs is 1. The quantitative estimate of drug-likeness (QED) is 0.540. The molecule has 7 heteroatoms. The van der Waals surface area contributed by atoms with Crippen LogP contribution >= 0.6 is 27.5 Å². The molecule has 3 N–H and O–H groups in total. The summed E-state index contributed by atoms with van der Waals surface area (Å²) in [7, 11) is 0. The Kier molecular flexibility index (Phi) is 4.07. The van der Waals surface area contributed by atoms with Gasteiger partial charge in [-0.1, -0.05) is 57.9 Å². The van der Waals surface area contributed by atoms with Crippen LogP contribution in [0.2, 0.25) is 5.15 Å². The Bertz CT molecular complexity index is 997. The first-order valence-corrected chi connectivity index (χ1v) is 8.68. The zero-order chi connectivity index (χ0) is 17.4. The van der Waals surface area contributed by atoms with E-state index in [1.807, 2.05) is 48.5 Å². The summed E-state index contributed by atoms with van der Waals surface area (Å²) in [5.41, 5.74) is 4.29. The van der Waals surface area contributed by atoms with Gasteiger partial charge in [0.15, 0.2) is 5.15 Å². The molecule has 4 rings (SSSR count). The van der Waals surface area contributed by atoms with Crippen LogP contribution < -0.4 is 10.6 Å². The predicted octanol–water partition coefficient (Wildman–Crippen LogP) is 4.76. The van der Waals surface area contributed by atoms with Gasteiger partial charge in [0.1, 0.15) is 0 Å². The summed E-state index contributed by atoms with van der Waals surface area (Å²) in [5, 5.41) is 13.1. The molecular formula is C18H12BrClN4O. The molecule has 1 aromatic heterocycles. The molecule has 25 heavy (non-hydrogen) atoms. The summed E-state index contributed by atoms with van der Waals surface area (Å²) in [6, 6.07) is 15.3. The monoisotopic (exact) mass is 414 g/mol. The number of carbonyl (C=O) groups is 1. The third kappa shape index (κ3) is 2.94. The number of aromatic nitrogens is 2. The van der Waals surface area contributed by atoms with Crippen LogP contribution in [0.3, 0.4) is 0 Å².